The Labute approximate surface area is 139 Å². The minimum Gasteiger partial charge on any atom is -0.494 e. The summed E-state index contributed by atoms with van der Waals surface area (Å²) in [6, 6.07) is 2.36. The highest BCUT2D eigenvalue weighted by molar-refractivity contribution is 6.37. The molecule has 8 heteroatoms. The minimum atomic E-state index is -0.655. The van der Waals surface area contributed by atoms with E-state index in [4.69, 9.17) is 33.7 Å². The number of hydrogen-bond donors (Lipinski definition) is 3. The van der Waals surface area contributed by atoms with Gasteiger partial charge >= 0.3 is 0 Å². The molecular weight excluding hydrogens is 329 g/mol. The summed E-state index contributed by atoms with van der Waals surface area (Å²) < 4.78 is 5.02. The number of rotatable bonds is 6. The Morgan fingerprint density at radius 3 is 2.27 bits per heavy atom. The molecule has 22 heavy (non-hydrogen) atoms. The molecule has 0 aliphatic rings. The summed E-state index contributed by atoms with van der Waals surface area (Å²) in [5.74, 6) is -0.475. The van der Waals surface area contributed by atoms with E-state index in [1.54, 1.807) is 0 Å². The predicted molar refractivity (Wildman–Crippen MR) is 87.5 cm³/mol. The van der Waals surface area contributed by atoms with E-state index in [0.29, 0.717) is 11.4 Å². The van der Waals surface area contributed by atoms with Crippen molar-refractivity contribution in [2.45, 2.75) is 19.9 Å². The number of benzene rings is 1. The summed E-state index contributed by atoms with van der Waals surface area (Å²) in [4.78, 5) is 23.5. The van der Waals surface area contributed by atoms with Crippen molar-refractivity contribution >= 4 is 40.7 Å². The lowest BCUT2D eigenvalue weighted by Crippen LogP contribution is -2.46. The van der Waals surface area contributed by atoms with E-state index in [0.717, 1.165) is 0 Å². The molecule has 2 amide bonds. The van der Waals surface area contributed by atoms with Crippen molar-refractivity contribution in [3.05, 3.63) is 22.2 Å². The highest BCUT2D eigenvalue weighted by Gasteiger charge is 2.18. The average Bonchev–Trinajstić information content (AvgIpc) is 2.43. The molecule has 0 aliphatic heterocycles. The molecule has 0 radical (unpaired) electrons. The summed E-state index contributed by atoms with van der Waals surface area (Å²) in [7, 11) is 1.44. The van der Waals surface area contributed by atoms with Crippen molar-refractivity contribution in [3.8, 4) is 5.75 Å². The first kappa shape index (κ1) is 18.5. The second-order valence-corrected chi connectivity index (χ2v) is 5.82. The van der Waals surface area contributed by atoms with Crippen LogP contribution >= 0.6 is 23.2 Å². The van der Waals surface area contributed by atoms with Gasteiger partial charge < -0.3 is 21.1 Å². The highest BCUT2D eigenvalue weighted by atomic mass is 35.5. The van der Waals surface area contributed by atoms with Crippen LogP contribution < -0.4 is 21.1 Å². The van der Waals surface area contributed by atoms with Crippen molar-refractivity contribution < 1.29 is 14.3 Å². The molecule has 0 heterocycles. The van der Waals surface area contributed by atoms with Crippen LogP contribution in [-0.4, -0.2) is 31.5 Å². The number of carbonyl (C=O) groups is 2. The number of methoxy groups -OCH3 is 1. The lowest BCUT2D eigenvalue weighted by Gasteiger charge is -2.15. The fourth-order valence-electron chi connectivity index (χ4n) is 1.62. The van der Waals surface area contributed by atoms with Gasteiger partial charge in [0, 0.05) is 5.69 Å². The summed E-state index contributed by atoms with van der Waals surface area (Å²) in [5.41, 5.74) is 6.08. The van der Waals surface area contributed by atoms with Gasteiger partial charge in [0.2, 0.25) is 11.8 Å². The molecule has 0 unspecified atom stereocenters. The van der Waals surface area contributed by atoms with Gasteiger partial charge in [0.15, 0.2) is 5.75 Å². The van der Waals surface area contributed by atoms with Crippen molar-refractivity contribution in [3.63, 3.8) is 0 Å². The van der Waals surface area contributed by atoms with Crippen LogP contribution in [0.2, 0.25) is 10.0 Å². The van der Waals surface area contributed by atoms with Crippen molar-refractivity contribution in [1.82, 2.24) is 5.32 Å². The molecule has 0 fully saturated rings. The number of hydrogen-bond acceptors (Lipinski definition) is 4. The maximum Gasteiger partial charge on any atom is 0.243 e. The lowest BCUT2D eigenvalue weighted by molar-refractivity contribution is -0.125. The summed E-state index contributed by atoms with van der Waals surface area (Å²) >= 11 is 12.0. The third-order valence-electron chi connectivity index (χ3n) is 2.93. The number of amides is 2. The van der Waals surface area contributed by atoms with Gasteiger partial charge in [-0.15, -0.1) is 0 Å². The molecule has 0 spiro atoms. The molecule has 122 valence electrons. The second kappa shape index (κ2) is 8.22. The Morgan fingerprint density at radius 2 is 1.82 bits per heavy atom. The van der Waals surface area contributed by atoms with Gasteiger partial charge in [0.05, 0.1) is 29.7 Å². The minimum absolute atomic E-state index is 0.0118. The zero-order valence-corrected chi connectivity index (χ0v) is 14.1. The van der Waals surface area contributed by atoms with E-state index in [1.165, 1.54) is 19.2 Å². The fraction of sp³-hybridized carbons (Fsp3) is 0.429. The first-order chi connectivity index (χ1) is 10.3. The number of carbonyl (C=O) groups excluding carboxylic acids is 2. The van der Waals surface area contributed by atoms with Crippen molar-refractivity contribution in [1.29, 1.82) is 0 Å². The van der Waals surface area contributed by atoms with Crippen LogP contribution in [-0.2, 0) is 9.59 Å². The van der Waals surface area contributed by atoms with Crippen LogP contribution in [0.15, 0.2) is 12.1 Å². The van der Waals surface area contributed by atoms with E-state index < -0.39 is 11.9 Å². The zero-order valence-electron chi connectivity index (χ0n) is 12.6. The molecule has 1 aromatic carbocycles. The van der Waals surface area contributed by atoms with Gasteiger partial charge in [-0.1, -0.05) is 37.0 Å². The normalized spacial score (nSPS) is 12.0. The smallest absolute Gasteiger partial charge is 0.243 e. The quantitative estimate of drug-likeness (QED) is 0.733. The number of halogens is 2. The Hall–Kier alpha value is -1.50. The fourth-order valence-corrected chi connectivity index (χ4v) is 2.26. The summed E-state index contributed by atoms with van der Waals surface area (Å²) in [5, 5.41) is 5.60. The Morgan fingerprint density at radius 1 is 1.27 bits per heavy atom. The predicted octanol–water partition coefficient (Wildman–Crippen LogP) is 2.04. The van der Waals surface area contributed by atoms with Gasteiger partial charge in [-0.2, -0.15) is 0 Å². The first-order valence-corrected chi connectivity index (χ1v) is 7.38. The molecule has 0 aromatic heterocycles. The van der Waals surface area contributed by atoms with Gasteiger partial charge in [0.25, 0.3) is 0 Å². The van der Waals surface area contributed by atoms with E-state index in [2.05, 4.69) is 10.6 Å². The third kappa shape index (κ3) is 5.05. The number of ether oxygens (including phenoxy) is 1. The van der Waals surface area contributed by atoms with Gasteiger partial charge in [-0.3, -0.25) is 9.59 Å². The van der Waals surface area contributed by atoms with Gasteiger partial charge in [-0.05, 0) is 18.1 Å². The standard InChI is InChI=1S/C14H19Cl2N3O3/c1-7(2)12(17)14(21)18-6-11(20)19-8-4-9(15)13(22-3)10(16)5-8/h4-5,7,12H,6,17H2,1-3H3,(H,18,21)(H,19,20)/t12-/m0/s1. The third-order valence-corrected chi connectivity index (χ3v) is 3.49. The number of nitrogens with one attached hydrogen (secondary N) is 2. The van der Waals surface area contributed by atoms with Crippen LogP contribution in [0.4, 0.5) is 5.69 Å². The van der Waals surface area contributed by atoms with Crippen LogP contribution in [0.3, 0.4) is 0 Å². The number of nitrogens with two attached hydrogens (primary N) is 1. The van der Waals surface area contributed by atoms with Crippen molar-refractivity contribution in [2.24, 2.45) is 11.7 Å². The first-order valence-electron chi connectivity index (χ1n) is 6.62. The molecule has 0 bridgehead atoms. The average molecular weight is 348 g/mol. The molecule has 0 aliphatic carbocycles. The molecule has 1 rings (SSSR count). The second-order valence-electron chi connectivity index (χ2n) is 5.01. The molecule has 4 N–H and O–H groups in total. The van der Waals surface area contributed by atoms with E-state index >= 15 is 0 Å². The molecule has 0 saturated heterocycles. The molecular formula is C14H19Cl2N3O3. The SMILES string of the molecule is COc1c(Cl)cc(NC(=O)CNC(=O)[C@@H](N)C(C)C)cc1Cl. The van der Waals surface area contributed by atoms with E-state index in [1.807, 2.05) is 13.8 Å². The molecule has 6 nitrogen and oxygen atoms in total. The lowest BCUT2D eigenvalue weighted by atomic mass is 10.1. The van der Waals surface area contributed by atoms with Crippen LogP contribution in [0, 0.1) is 5.92 Å². The van der Waals surface area contributed by atoms with Gasteiger partial charge in [-0.25, -0.2) is 0 Å². The topological polar surface area (TPSA) is 93.5 Å². The van der Waals surface area contributed by atoms with Crippen molar-refractivity contribution in [2.75, 3.05) is 19.0 Å². The maximum absolute atomic E-state index is 11.8. The Bertz CT molecular complexity index is 541. The van der Waals surface area contributed by atoms with Crippen LogP contribution in [0.5, 0.6) is 5.75 Å². The molecule has 1 atom stereocenters. The number of anilines is 1. The zero-order chi connectivity index (χ0) is 16.9. The van der Waals surface area contributed by atoms with E-state index in [-0.39, 0.29) is 28.4 Å². The van der Waals surface area contributed by atoms with E-state index in [9.17, 15) is 9.59 Å². The Balaban J connectivity index is 2.61. The van der Waals surface area contributed by atoms with Gasteiger partial charge in [0.1, 0.15) is 0 Å². The largest absolute Gasteiger partial charge is 0.494 e. The monoisotopic (exact) mass is 347 g/mol. The summed E-state index contributed by atoms with van der Waals surface area (Å²) in [6.45, 7) is 3.46. The maximum atomic E-state index is 11.8. The molecule has 0 saturated carbocycles. The highest BCUT2D eigenvalue weighted by Crippen LogP contribution is 2.35. The molecule has 1 aromatic rings. The van der Waals surface area contributed by atoms with Crippen LogP contribution in [0.25, 0.3) is 0 Å². The van der Waals surface area contributed by atoms with Crippen LogP contribution in [0.1, 0.15) is 13.8 Å². The Kier molecular flexibility index (Phi) is 6.93. The summed E-state index contributed by atoms with van der Waals surface area (Å²) in [6.07, 6.45) is 0.